The first-order chi connectivity index (χ1) is 19.9. The van der Waals surface area contributed by atoms with Gasteiger partial charge in [0.2, 0.25) is 10.0 Å². The summed E-state index contributed by atoms with van der Waals surface area (Å²) in [5.41, 5.74) is 4.89. The fourth-order valence-corrected chi connectivity index (χ4v) is 7.10. The van der Waals surface area contributed by atoms with E-state index in [9.17, 15) is 13.2 Å². The van der Waals surface area contributed by atoms with E-state index in [0.717, 1.165) is 38.8 Å². The Morgan fingerprint density at radius 3 is 2.48 bits per heavy atom. The number of sulfonamides is 1. The normalized spacial score (nSPS) is 16.0. The molecular formula is C29H33ClN8O3S. The SMILES string of the molecule is Cc1cc(C(C)Nc2ccc(Cl)nc2-c2cnn(C)c2)c2c(c1)c(=O)n(C)c1c2cnn1C1CCN(S(C)(=O)=O)CC1. The van der Waals surface area contributed by atoms with Gasteiger partial charge in [0.1, 0.15) is 10.8 Å². The van der Waals surface area contributed by atoms with Crippen LogP contribution in [0, 0.1) is 6.92 Å². The molecule has 1 atom stereocenters. The highest BCUT2D eigenvalue weighted by molar-refractivity contribution is 7.88. The third-order valence-electron chi connectivity index (χ3n) is 8.12. The number of hydrogen-bond donors (Lipinski definition) is 1. The third kappa shape index (κ3) is 4.97. The number of benzene rings is 1. The van der Waals surface area contributed by atoms with Crippen LogP contribution in [-0.2, 0) is 24.1 Å². The predicted molar refractivity (Wildman–Crippen MR) is 165 cm³/mol. The molecule has 0 amide bonds. The topological polar surface area (TPSA) is 120 Å². The van der Waals surface area contributed by atoms with E-state index in [1.54, 1.807) is 28.6 Å². The average molecular weight is 609 g/mol. The highest BCUT2D eigenvalue weighted by Crippen LogP contribution is 2.36. The Labute approximate surface area is 248 Å². The van der Waals surface area contributed by atoms with Gasteiger partial charge in [0.15, 0.2) is 0 Å². The molecule has 0 saturated carbocycles. The lowest BCUT2D eigenvalue weighted by Gasteiger charge is -2.30. The van der Waals surface area contributed by atoms with Crippen molar-refractivity contribution >= 4 is 49.1 Å². The van der Waals surface area contributed by atoms with Gasteiger partial charge in [0, 0.05) is 61.1 Å². The standard InChI is InChI=1S/C29H33ClN8O3S/c1-17-12-21(18(2)33-24-6-7-25(30)34-27(24)19-14-31-35(3)16-19)26-22(13-17)29(39)36(4)28-23(26)15-32-38(28)20-8-10-37(11-9-20)42(5,40)41/h6-7,12-16,18,20,33H,8-11H2,1-5H3. The Bertz CT molecular complexity index is 2000. The number of hydrogen-bond acceptors (Lipinski definition) is 7. The van der Waals surface area contributed by atoms with Crippen molar-refractivity contribution in [2.75, 3.05) is 24.7 Å². The zero-order valence-electron chi connectivity index (χ0n) is 24.2. The largest absolute Gasteiger partial charge is 0.377 e. The molecule has 0 spiro atoms. The molecule has 1 unspecified atom stereocenters. The fourth-order valence-electron chi connectivity index (χ4n) is 6.08. The molecular weight excluding hydrogens is 576 g/mol. The van der Waals surface area contributed by atoms with Gasteiger partial charge in [-0.25, -0.2) is 22.4 Å². The maximum atomic E-state index is 13.8. The molecule has 0 radical (unpaired) electrons. The lowest BCUT2D eigenvalue weighted by molar-refractivity contribution is 0.265. The number of aryl methyl sites for hydroxylation is 3. The summed E-state index contributed by atoms with van der Waals surface area (Å²) >= 11 is 6.28. The lowest BCUT2D eigenvalue weighted by atomic mass is 9.95. The van der Waals surface area contributed by atoms with Gasteiger partial charge in [0.05, 0.1) is 36.1 Å². The van der Waals surface area contributed by atoms with Crippen molar-refractivity contribution in [3.05, 3.63) is 69.5 Å². The summed E-state index contributed by atoms with van der Waals surface area (Å²) in [5.74, 6) is 0. The smallest absolute Gasteiger partial charge is 0.259 e. The fraction of sp³-hybridized carbons (Fsp3) is 0.379. The van der Waals surface area contributed by atoms with Crippen molar-refractivity contribution in [3.63, 3.8) is 0 Å². The molecule has 1 aromatic carbocycles. The summed E-state index contributed by atoms with van der Waals surface area (Å²) in [6, 6.07) is 7.46. The third-order valence-corrected chi connectivity index (χ3v) is 9.63. The molecule has 13 heteroatoms. The van der Waals surface area contributed by atoms with E-state index in [-0.39, 0.29) is 17.6 Å². The van der Waals surface area contributed by atoms with Gasteiger partial charge in [-0.1, -0.05) is 17.7 Å². The number of rotatable bonds is 6. The van der Waals surface area contributed by atoms with Crippen LogP contribution in [0.3, 0.4) is 0 Å². The van der Waals surface area contributed by atoms with Gasteiger partial charge in [-0.15, -0.1) is 0 Å². The van der Waals surface area contributed by atoms with Crippen molar-refractivity contribution in [2.45, 2.75) is 38.8 Å². The first-order valence-corrected chi connectivity index (χ1v) is 16.0. The summed E-state index contributed by atoms with van der Waals surface area (Å²) in [4.78, 5) is 18.4. The molecule has 5 aromatic rings. The molecule has 4 aromatic heterocycles. The Balaban J connectivity index is 1.45. The first-order valence-electron chi connectivity index (χ1n) is 13.8. The van der Waals surface area contributed by atoms with Crippen LogP contribution < -0.4 is 10.9 Å². The first kappa shape index (κ1) is 28.4. The zero-order valence-corrected chi connectivity index (χ0v) is 25.7. The molecule has 1 aliphatic heterocycles. The highest BCUT2D eigenvalue weighted by Gasteiger charge is 2.29. The second-order valence-electron chi connectivity index (χ2n) is 11.2. The molecule has 1 saturated heterocycles. The summed E-state index contributed by atoms with van der Waals surface area (Å²) in [7, 11) is 0.379. The Hall–Kier alpha value is -3.74. The second kappa shape index (κ2) is 10.5. The molecule has 6 rings (SSSR count). The van der Waals surface area contributed by atoms with Crippen LogP contribution in [-0.4, -0.2) is 61.2 Å². The number of nitrogens with one attached hydrogen (secondary N) is 1. The van der Waals surface area contributed by atoms with Crippen LogP contribution in [0.5, 0.6) is 0 Å². The quantitative estimate of drug-likeness (QED) is 0.283. The Morgan fingerprint density at radius 1 is 1.07 bits per heavy atom. The summed E-state index contributed by atoms with van der Waals surface area (Å²) < 4.78 is 30.9. The van der Waals surface area contributed by atoms with Crippen molar-refractivity contribution in [1.29, 1.82) is 0 Å². The van der Waals surface area contributed by atoms with Gasteiger partial charge < -0.3 is 5.32 Å². The minimum Gasteiger partial charge on any atom is -0.377 e. The van der Waals surface area contributed by atoms with Crippen LogP contribution in [0.15, 0.2) is 47.7 Å². The molecule has 1 aliphatic rings. The van der Waals surface area contributed by atoms with Crippen molar-refractivity contribution in [2.24, 2.45) is 14.1 Å². The number of pyridine rings is 2. The summed E-state index contributed by atoms with van der Waals surface area (Å²) in [5, 5.41) is 15.4. The molecule has 11 nitrogen and oxygen atoms in total. The van der Waals surface area contributed by atoms with E-state index >= 15 is 0 Å². The summed E-state index contributed by atoms with van der Waals surface area (Å²) in [6.45, 7) is 4.89. The van der Waals surface area contributed by atoms with Crippen molar-refractivity contribution in [1.82, 2.24) is 33.4 Å². The van der Waals surface area contributed by atoms with E-state index in [4.69, 9.17) is 16.7 Å². The van der Waals surface area contributed by atoms with Crippen molar-refractivity contribution < 1.29 is 8.42 Å². The Morgan fingerprint density at radius 2 is 1.81 bits per heavy atom. The van der Waals surface area contributed by atoms with E-state index < -0.39 is 10.0 Å². The van der Waals surface area contributed by atoms with Crippen LogP contribution in [0.4, 0.5) is 5.69 Å². The van der Waals surface area contributed by atoms with E-state index in [2.05, 4.69) is 28.4 Å². The van der Waals surface area contributed by atoms with E-state index in [1.165, 1.54) is 10.6 Å². The maximum Gasteiger partial charge on any atom is 0.259 e. The predicted octanol–water partition coefficient (Wildman–Crippen LogP) is 4.42. The Kier molecular flexibility index (Phi) is 7.11. The highest BCUT2D eigenvalue weighted by atomic mass is 35.5. The van der Waals surface area contributed by atoms with Crippen molar-refractivity contribution in [3.8, 4) is 11.3 Å². The monoisotopic (exact) mass is 608 g/mol. The molecule has 42 heavy (non-hydrogen) atoms. The number of piperidine rings is 1. The average Bonchev–Trinajstić information content (AvgIpc) is 3.58. The molecule has 0 bridgehead atoms. The summed E-state index contributed by atoms with van der Waals surface area (Å²) in [6.07, 6.45) is 7.95. The number of aromatic nitrogens is 6. The second-order valence-corrected chi connectivity index (χ2v) is 13.5. The molecule has 1 fully saturated rings. The number of anilines is 1. The number of nitrogens with zero attached hydrogens (tertiary/aromatic N) is 7. The van der Waals surface area contributed by atoms with E-state index in [0.29, 0.717) is 42.2 Å². The van der Waals surface area contributed by atoms with Crippen LogP contribution >= 0.6 is 11.6 Å². The number of halogens is 1. The minimum atomic E-state index is -3.25. The number of fused-ring (bicyclic) bond motifs is 3. The van der Waals surface area contributed by atoms with Gasteiger partial charge >= 0.3 is 0 Å². The lowest BCUT2D eigenvalue weighted by Crippen LogP contribution is -2.38. The van der Waals surface area contributed by atoms with Gasteiger partial charge in [-0.05, 0) is 56.0 Å². The van der Waals surface area contributed by atoms with Crippen LogP contribution in [0.25, 0.3) is 33.1 Å². The zero-order chi connectivity index (χ0) is 29.9. The van der Waals surface area contributed by atoms with Gasteiger partial charge in [0.25, 0.3) is 5.56 Å². The molecule has 0 aliphatic carbocycles. The van der Waals surface area contributed by atoms with Gasteiger partial charge in [-0.2, -0.15) is 10.2 Å². The molecule has 5 heterocycles. The molecule has 1 N–H and O–H groups in total. The minimum absolute atomic E-state index is 0.0184. The van der Waals surface area contributed by atoms with Crippen LogP contribution in [0.2, 0.25) is 5.15 Å². The van der Waals surface area contributed by atoms with Gasteiger partial charge in [-0.3, -0.25) is 14.0 Å². The molecule has 220 valence electrons. The van der Waals surface area contributed by atoms with E-state index in [1.807, 2.05) is 43.2 Å². The van der Waals surface area contributed by atoms with Crippen LogP contribution in [0.1, 0.15) is 43.0 Å². The maximum absolute atomic E-state index is 13.8.